The quantitative estimate of drug-likeness (QED) is 0.309. The molecule has 11 heteroatoms. The number of ketones is 1. The molecule has 1 aromatic heterocycles. The van der Waals surface area contributed by atoms with Crippen molar-refractivity contribution in [3.8, 4) is 0 Å². The van der Waals surface area contributed by atoms with Gasteiger partial charge < -0.3 is 33.6 Å². The molecule has 2 heterocycles. The first-order chi connectivity index (χ1) is 19.0. The van der Waals surface area contributed by atoms with Crippen LogP contribution in [-0.4, -0.2) is 76.1 Å². The normalized spacial score (nSPS) is 41.1. The lowest BCUT2D eigenvalue weighted by Crippen LogP contribution is -2.80. The number of Topliss-reactive ketones (excluding diaryl/α,β-unsaturated/α-hetero) is 1. The topological polar surface area (TPSA) is 159 Å². The van der Waals surface area contributed by atoms with Gasteiger partial charge in [0.1, 0.15) is 17.8 Å². The van der Waals surface area contributed by atoms with E-state index < -0.39 is 82.0 Å². The molecule has 2 N–H and O–H groups in total. The van der Waals surface area contributed by atoms with Crippen LogP contribution in [0, 0.1) is 22.7 Å². The minimum Gasteiger partial charge on any atom is -0.457 e. The third-order valence-electron chi connectivity index (χ3n) is 10.4. The number of carbonyl (C=O) groups excluding carboxylic acids is 4. The van der Waals surface area contributed by atoms with Gasteiger partial charge in [-0.3, -0.25) is 14.4 Å². The first kappa shape index (κ1) is 29.5. The minimum atomic E-state index is -2.03. The number of aliphatic hydroxyl groups excluding tert-OH is 1. The van der Waals surface area contributed by atoms with Crippen LogP contribution in [0.4, 0.5) is 0 Å². The molecule has 11 nitrogen and oxygen atoms in total. The molecule has 224 valence electrons. The Kier molecular flexibility index (Phi) is 6.83. The molecule has 1 aliphatic heterocycles. The summed E-state index contributed by atoms with van der Waals surface area (Å²) in [6.07, 6.45) is -3.50. The summed E-state index contributed by atoms with van der Waals surface area (Å²) in [6.45, 7) is 10.8. The second kappa shape index (κ2) is 9.50. The monoisotopic (exact) mass is 574 g/mol. The molecule has 1 saturated heterocycles. The highest BCUT2D eigenvalue weighted by molar-refractivity contribution is 5.95. The first-order valence-corrected chi connectivity index (χ1v) is 13.9. The number of hydrogen-bond acceptors (Lipinski definition) is 11. The highest BCUT2D eigenvalue weighted by Crippen LogP contribution is 2.65. The molecule has 4 aliphatic rings. The average Bonchev–Trinajstić information content (AvgIpc) is 3.41. The Balaban J connectivity index is 1.84. The zero-order valence-electron chi connectivity index (χ0n) is 24.4. The largest absolute Gasteiger partial charge is 0.457 e. The van der Waals surface area contributed by atoms with Crippen molar-refractivity contribution in [1.82, 2.24) is 0 Å². The Morgan fingerprint density at radius 1 is 1.10 bits per heavy atom. The molecule has 41 heavy (non-hydrogen) atoms. The Labute approximate surface area is 238 Å². The zero-order chi connectivity index (χ0) is 30.3. The molecule has 5 rings (SSSR count). The van der Waals surface area contributed by atoms with Gasteiger partial charge in [-0.2, -0.15) is 0 Å². The molecular formula is C30H38O11. The third-order valence-corrected chi connectivity index (χ3v) is 10.4. The van der Waals surface area contributed by atoms with Crippen molar-refractivity contribution in [2.24, 2.45) is 22.7 Å². The summed E-state index contributed by atoms with van der Waals surface area (Å²) in [5.41, 5.74) is -5.68. The third kappa shape index (κ3) is 3.95. The van der Waals surface area contributed by atoms with Gasteiger partial charge in [0, 0.05) is 31.1 Å². The van der Waals surface area contributed by atoms with Crippen LogP contribution in [0.2, 0.25) is 0 Å². The molecule has 3 fully saturated rings. The van der Waals surface area contributed by atoms with Crippen molar-refractivity contribution in [2.45, 2.75) is 96.9 Å². The van der Waals surface area contributed by atoms with Crippen LogP contribution in [0.15, 0.2) is 34.0 Å². The highest BCUT2D eigenvalue weighted by atomic mass is 16.6. The number of rotatable bonds is 4. The van der Waals surface area contributed by atoms with Gasteiger partial charge in [0.25, 0.3) is 0 Å². The Hall–Kier alpha value is -3.02. The zero-order valence-corrected chi connectivity index (χ0v) is 24.4. The summed E-state index contributed by atoms with van der Waals surface area (Å²) < 4.78 is 29.1. The summed E-state index contributed by atoms with van der Waals surface area (Å²) in [5, 5.41) is 24.1. The van der Waals surface area contributed by atoms with E-state index in [-0.39, 0.29) is 24.4 Å². The summed E-state index contributed by atoms with van der Waals surface area (Å²) in [4.78, 5) is 53.4. The predicted octanol–water partition coefficient (Wildman–Crippen LogP) is 2.52. The fourth-order valence-corrected chi connectivity index (χ4v) is 8.01. The lowest BCUT2D eigenvalue weighted by molar-refractivity contribution is -0.340. The fraction of sp³-hybridized carbons (Fsp3) is 0.667. The van der Waals surface area contributed by atoms with Gasteiger partial charge in [-0.1, -0.05) is 27.7 Å². The summed E-state index contributed by atoms with van der Waals surface area (Å²) in [5.74, 6) is -4.48. The number of esters is 3. The van der Waals surface area contributed by atoms with Crippen LogP contribution in [0.5, 0.6) is 0 Å². The maximum atomic E-state index is 14.9. The molecule has 2 bridgehead atoms. The predicted molar refractivity (Wildman–Crippen MR) is 140 cm³/mol. The van der Waals surface area contributed by atoms with E-state index in [1.165, 1.54) is 32.2 Å². The molecule has 3 aliphatic carbocycles. The molecule has 0 radical (unpaired) electrons. The Bertz CT molecular complexity index is 1310. The maximum absolute atomic E-state index is 14.9. The molecule has 0 aromatic carbocycles. The molecule has 0 spiro atoms. The first-order valence-electron chi connectivity index (χ1n) is 13.9. The number of aliphatic hydroxyl groups is 2. The van der Waals surface area contributed by atoms with Crippen molar-refractivity contribution < 1.29 is 52.8 Å². The van der Waals surface area contributed by atoms with Crippen LogP contribution in [-0.2, 0) is 33.3 Å². The van der Waals surface area contributed by atoms with Gasteiger partial charge in [0.15, 0.2) is 17.5 Å². The van der Waals surface area contributed by atoms with Crippen molar-refractivity contribution in [3.63, 3.8) is 0 Å². The molecular weight excluding hydrogens is 536 g/mol. The van der Waals surface area contributed by atoms with E-state index in [2.05, 4.69) is 0 Å². The molecule has 9 atom stereocenters. The van der Waals surface area contributed by atoms with Crippen LogP contribution in [0.3, 0.4) is 0 Å². The van der Waals surface area contributed by atoms with Gasteiger partial charge >= 0.3 is 17.9 Å². The van der Waals surface area contributed by atoms with Crippen LogP contribution in [0.25, 0.3) is 0 Å². The van der Waals surface area contributed by atoms with Crippen molar-refractivity contribution in [1.29, 1.82) is 0 Å². The standard InChI is InChI=1S/C30H38O11/c1-14-11-20-29(13-38-20,41-17(4)32)23-25(40-26(35)19-9-8-10-37-19)30(36)12-18(33)15(2)21(27(30,5)6)22(39-16(3)31)24(34)28(14,23)7/h8-10,14,18,20,22-23,25,33,36H,11-13H2,1-7H3/t14-,18-,20+,22+,23-,25-,28+,29-,30+/m0/s1. The average molecular weight is 575 g/mol. The van der Waals surface area contributed by atoms with E-state index in [9.17, 15) is 29.4 Å². The van der Waals surface area contributed by atoms with Crippen molar-refractivity contribution in [3.05, 3.63) is 35.3 Å². The van der Waals surface area contributed by atoms with E-state index >= 15 is 0 Å². The summed E-state index contributed by atoms with van der Waals surface area (Å²) >= 11 is 0. The maximum Gasteiger partial charge on any atom is 0.374 e. The van der Waals surface area contributed by atoms with E-state index in [0.29, 0.717) is 12.0 Å². The van der Waals surface area contributed by atoms with Gasteiger partial charge in [-0.25, -0.2) is 4.79 Å². The minimum absolute atomic E-state index is 0.106. The number of carbonyl (C=O) groups is 4. The number of ether oxygens (including phenoxy) is 4. The fourth-order valence-electron chi connectivity index (χ4n) is 8.01. The van der Waals surface area contributed by atoms with E-state index in [4.69, 9.17) is 23.4 Å². The van der Waals surface area contributed by atoms with E-state index in [0.717, 1.165) is 0 Å². The lowest BCUT2D eigenvalue weighted by Gasteiger charge is -2.68. The number of fused-ring (bicyclic) bond motifs is 5. The summed E-state index contributed by atoms with van der Waals surface area (Å²) in [6, 6.07) is 2.92. The number of hydrogen-bond donors (Lipinski definition) is 2. The van der Waals surface area contributed by atoms with Crippen LogP contribution >= 0.6 is 0 Å². The number of furan rings is 1. The van der Waals surface area contributed by atoms with Gasteiger partial charge in [-0.15, -0.1) is 0 Å². The second-order valence-corrected chi connectivity index (χ2v) is 12.8. The van der Waals surface area contributed by atoms with Crippen LogP contribution in [0.1, 0.15) is 71.9 Å². The SMILES string of the molecule is CC(=O)O[C@H]1C(=O)[C@@]2(C)[C@H]([C@H](OC(=O)c3ccco3)[C@]3(O)C[C@H](O)C(C)=C1C3(C)C)[C@]1(OC(C)=O)CO[C@@H]1C[C@@H]2C. The lowest BCUT2D eigenvalue weighted by atomic mass is 9.43. The molecule has 0 unspecified atom stereocenters. The smallest absolute Gasteiger partial charge is 0.374 e. The Morgan fingerprint density at radius 3 is 2.32 bits per heavy atom. The highest BCUT2D eigenvalue weighted by Gasteiger charge is 2.77. The van der Waals surface area contributed by atoms with E-state index in [1.807, 2.05) is 6.92 Å². The van der Waals surface area contributed by atoms with Gasteiger partial charge in [0.2, 0.25) is 5.76 Å². The second-order valence-electron chi connectivity index (χ2n) is 12.8. The van der Waals surface area contributed by atoms with Gasteiger partial charge in [-0.05, 0) is 42.5 Å². The van der Waals surface area contributed by atoms with Gasteiger partial charge in [0.05, 0.1) is 24.9 Å². The summed E-state index contributed by atoms with van der Waals surface area (Å²) in [7, 11) is 0. The molecule has 1 aromatic rings. The molecule has 0 amide bonds. The Morgan fingerprint density at radius 2 is 1.78 bits per heavy atom. The van der Waals surface area contributed by atoms with Crippen molar-refractivity contribution >= 4 is 23.7 Å². The van der Waals surface area contributed by atoms with Crippen LogP contribution < -0.4 is 0 Å². The van der Waals surface area contributed by atoms with E-state index in [1.54, 1.807) is 27.7 Å². The van der Waals surface area contributed by atoms with Crippen molar-refractivity contribution in [2.75, 3.05) is 6.61 Å². The molecule has 2 saturated carbocycles.